The van der Waals surface area contributed by atoms with Gasteiger partial charge >= 0.3 is 0 Å². The highest BCUT2D eigenvalue weighted by Gasteiger charge is 2.25. The fraction of sp³-hybridized carbons (Fsp3) is 0.538. The number of hydrogen-bond donors (Lipinski definition) is 0. The molecule has 0 spiro atoms. The monoisotopic (exact) mass is 313 g/mol. The van der Waals surface area contributed by atoms with Crippen LogP contribution in [0.25, 0.3) is 0 Å². The van der Waals surface area contributed by atoms with Crippen molar-refractivity contribution >= 4 is 15.9 Å². The van der Waals surface area contributed by atoms with Crippen LogP contribution in [-0.2, 0) is 10.0 Å². The highest BCUT2D eigenvalue weighted by molar-refractivity contribution is 7.88. The Bertz CT molecular complexity index is 618. The summed E-state index contributed by atoms with van der Waals surface area (Å²) in [6, 6.07) is 3.26. The first kappa shape index (κ1) is 15.7. The van der Waals surface area contributed by atoms with Crippen LogP contribution in [0.3, 0.4) is 0 Å². The number of carbonyl (C=O) groups excluding carboxylic acids is 1. The van der Waals surface area contributed by atoms with Crippen molar-refractivity contribution < 1.29 is 17.9 Å². The number of pyridine rings is 1. The zero-order valence-corrected chi connectivity index (χ0v) is 13.0. The second-order valence-corrected chi connectivity index (χ2v) is 6.87. The number of nitrogens with zero attached hydrogens (tertiary/aromatic N) is 3. The van der Waals surface area contributed by atoms with E-state index in [1.165, 1.54) is 23.9 Å². The predicted octanol–water partition coefficient (Wildman–Crippen LogP) is 0.198. The fourth-order valence-electron chi connectivity index (χ4n) is 2.25. The molecule has 0 N–H and O–H groups in total. The van der Waals surface area contributed by atoms with E-state index in [1.807, 2.05) is 0 Å². The zero-order chi connectivity index (χ0) is 15.5. The van der Waals surface area contributed by atoms with E-state index in [9.17, 15) is 13.2 Å². The van der Waals surface area contributed by atoms with E-state index in [1.54, 1.807) is 17.0 Å². The minimum Gasteiger partial charge on any atom is -0.497 e. The topological polar surface area (TPSA) is 79.8 Å². The van der Waals surface area contributed by atoms with Crippen molar-refractivity contribution in [1.29, 1.82) is 0 Å². The van der Waals surface area contributed by atoms with Crippen LogP contribution in [0.15, 0.2) is 18.3 Å². The molecule has 1 saturated heterocycles. The Balaban J connectivity index is 2.09. The van der Waals surface area contributed by atoms with Gasteiger partial charge in [0.05, 0.1) is 13.4 Å². The van der Waals surface area contributed by atoms with Gasteiger partial charge in [0.25, 0.3) is 5.91 Å². The van der Waals surface area contributed by atoms with Crippen molar-refractivity contribution in [3.05, 3.63) is 24.0 Å². The third-order valence-corrected chi connectivity index (χ3v) is 4.70. The SMILES string of the molecule is COc1ccnc(C(=O)N2CCCN(S(C)(=O)=O)CC2)c1. The molecule has 21 heavy (non-hydrogen) atoms. The van der Waals surface area contributed by atoms with Gasteiger partial charge in [-0.2, -0.15) is 0 Å². The molecule has 0 aliphatic carbocycles. The average Bonchev–Trinajstić information content (AvgIpc) is 2.72. The molecule has 0 bridgehead atoms. The molecule has 8 heteroatoms. The smallest absolute Gasteiger partial charge is 0.272 e. The average molecular weight is 313 g/mol. The van der Waals surface area contributed by atoms with E-state index in [0.29, 0.717) is 44.0 Å². The molecule has 1 amide bonds. The summed E-state index contributed by atoms with van der Waals surface area (Å²) >= 11 is 0. The van der Waals surface area contributed by atoms with Crippen molar-refractivity contribution in [2.24, 2.45) is 0 Å². The third kappa shape index (κ3) is 3.92. The Morgan fingerprint density at radius 3 is 2.71 bits per heavy atom. The van der Waals surface area contributed by atoms with E-state index in [0.717, 1.165) is 0 Å². The molecule has 0 radical (unpaired) electrons. The van der Waals surface area contributed by atoms with Crippen molar-refractivity contribution in [2.75, 3.05) is 39.5 Å². The van der Waals surface area contributed by atoms with Crippen molar-refractivity contribution in [3.8, 4) is 5.75 Å². The first-order valence-electron chi connectivity index (χ1n) is 6.66. The number of sulfonamides is 1. The molecule has 1 aromatic rings. The zero-order valence-electron chi connectivity index (χ0n) is 12.2. The highest BCUT2D eigenvalue weighted by atomic mass is 32.2. The molecule has 0 saturated carbocycles. The van der Waals surface area contributed by atoms with Crippen LogP contribution in [0.5, 0.6) is 5.75 Å². The number of hydrogen-bond acceptors (Lipinski definition) is 5. The van der Waals surface area contributed by atoms with Crippen LogP contribution in [-0.4, -0.2) is 68.1 Å². The lowest BCUT2D eigenvalue weighted by atomic mass is 10.3. The Morgan fingerprint density at radius 2 is 2.05 bits per heavy atom. The van der Waals surface area contributed by atoms with Crippen LogP contribution in [0.1, 0.15) is 16.9 Å². The van der Waals surface area contributed by atoms with Gasteiger partial charge in [-0.1, -0.05) is 0 Å². The minimum atomic E-state index is -3.21. The lowest BCUT2D eigenvalue weighted by Crippen LogP contribution is -2.37. The molecule has 0 aromatic carbocycles. The van der Waals surface area contributed by atoms with Gasteiger partial charge in [0.2, 0.25) is 10.0 Å². The Hall–Kier alpha value is -1.67. The molecule has 1 fully saturated rings. The van der Waals surface area contributed by atoms with Gasteiger partial charge in [0.1, 0.15) is 11.4 Å². The molecule has 0 unspecified atom stereocenters. The van der Waals surface area contributed by atoms with Gasteiger partial charge in [-0.25, -0.2) is 12.7 Å². The summed E-state index contributed by atoms with van der Waals surface area (Å²) in [5, 5.41) is 0. The summed E-state index contributed by atoms with van der Waals surface area (Å²) in [6.07, 6.45) is 3.32. The molecule has 116 valence electrons. The number of carbonyl (C=O) groups is 1. The highest BCUT2D eigenvalue weighted by Crippen LogP contribution is 2.14. The number of methoxy groups -OCH3 is 1. The van der Waals surface area contributed by atoms with Crippen LogP contribution >= 0.6 is 0 Å². The summed E-state index contributed by atoms with van der Waals surface area (Å²) in [5.41, 5.74) is 0.308. The van der Waals surface area contributed by atoms with Crippen molar-refractivity contribution in [1.82, 2.24) is 14.2 Å². The van der Waals surface area contributed by atoms with E-state index in [-0.39, 0.29) is 5.91 Å². The van der Waals surface area contributed by atoms with Crippen LogP contribution in [0.2, 0.25) is 0 Å². The van der Waals surface area contributed by atoms with E-state index in [4.69, 9.17) is 4.74 Å². The largest absolute Gasteiger partial charge is 0.497 e. The summed E-state index contributed by atoms with van der Waals surface area (Å²) in [6.45, 7) is 1.64. The van der Waals surface area contributed by atoms with Gasteiger partial charge in [-0.05, 0) is 12.5 Å². The number of amides is 1. The van der Waals surface area contributed by atoms with Gasteiger partial charge < -0.3 is 9.64 Å². The second-order valence-electron chi connectivity index (χ2n) is 4.89. The number of rotatable bonds is 3. The molecule has 7 nitrogen and oxygen atoms in total. The maximum atomic E-state index is 12.4. The van der Waals surface area contributed by atoms with Crippen molar-refractivity contribution in [2.45, 2.75) is 6.42 Å². The molecule has 2 rings (SSSR count). The van der Waals surface area contributed by atoms with Gasteiger partial charge in [-0.3, -0.25) is 9.78 Å². The minimum absolute atomic E-state index is 0.204. The molecule has 1 aliphatic rings. The fourth-order valence-corrected chi connectivity index (χ4v) is 3.12. The maximum Gasteiger partial charge on any atom is 0.272 e. The first-order valence-corrected chi connectivity index (χ1v) is 8.51. The molecular weight excluding hydrogens is 294 g/mol. The molecular formula is C13H19N3O4S. The van der Waals surface area contributed by atoms with Gasteiger partial charge in [0, 0.05) is 38.4 Å². The Labute approximate surface area is 124 Å². The molecule has 1 aliphatic heterocycles. The maximum absolute atomic E-state index is 12.4. The lowest BCUT2D eigenvalue weighted by molar-refractivity contribution is 0.0758. The summed E-state index contributed by atoms with van der Waals surface area (Å²) < 4.78 is 29.6. The number of ether oxygens (including phenoxy) is 1. The standard InChI is InChI=1S/C13H19N3O4S/c1-20-11-4-5-14-12(10-11)13(17)15-6-3-7-16(9-8-15)21(2,18)19/h4-5,10H,3,6-9H2,1-2H3. The Morgan fingerprint density at radius 1 is 1.29 bits per heavy atom. The Kier molecular flexibility index (Phi) is 4.79. The van der Waals surface area contributed by atoms with Gasteiger partial charge in [-0.15, -0.1) is 0 Å². The first-order chi connectivity index (χ1) is 9.91. The van der Waals surface area contributed by atoms with Crippen molar-refractivity contribution in [3.63, 3.8) is 0 Å². The quantitative estimate of drug-likeness (QED) is 0.796. The lowest BCUT2D eigenvalue weighted by Gasteiger charge is -2.20. The van der Waals surface area contributed by atoms with E-state index < -0.39 is 10.0 Å². The predicted molar refractivity (Wildman–Crippen MR) is 77.7 cm³/mol. The molecule has 1 aromatic heterocycles. The van der Waals surface area contributed by atoms with E-state index in [2.05, 4.69) is 4.98 Å². The van der Waals surface area contributed by atoms with E-state index >= 15 is 0 Å². The van der Waals surface area contributed by atoms with Crippen LogP contribution in [0, 0.1) is 0 Å². The summed E-state index contributed by atoms with van der Waals surface area (Å²) in [7, 11) is -1.69. The summed E-state index contributed by atoms with van der Waals surface area (Å²) in [5.74, 6) is 0.366. The van der Waals surface area contributed by atoms with Crippen LogP contribution < -0.4 is 4.74 Å². The summed E-state index contributed by atoms with van der Waals surface area (Å²) in [4.78, 5) is 18.1. The third-order valence-electron chi connectivity index (χ3n) is 3.40. The van der Waals surface area contributed by atoms with Crippen LogP contribution in [0.4, 0.5) is 0 Å². The number of aromatic nitrogens is 1. The molecule has 2 heterocycles. The van der Waals surface area contributed by atoms with Gasteiger partial charge in [0.15, 0.2) is 0 Å². The second kappa shape index (κ2) is 6.40. The normalized spacial score (nSPS) is 17.3. The molecule has 0 atom stereocenters.